The molecule has 0 aromatic heterocycles. The molecular weight excluding hydrogens is 560 g/mol. The van der Waals surface area contributed by atoms with E-state index in [1.807, 2.05) is 30.3 Å². The third-order valence-electron chi connectivity index (χ3n) is 10.1. The molecule has 1 heterocycles. The molecule has 0 radical (unpaired) electrons. The van der Waals surface area contributed by atoms with Crippen LogP contribution in [0.25, 0.3) is 11.1 Å². The van der Waals surface area contributed by atoms with E-state index in [4.69, 9.17) is 9.47 Å². The number of ether oxygens (including phenoxy) is 2. The summed E-state index contributed by atoms with van der Waals surface area (Å²) in [6.07, 6.45) is 5.60. The zero-order valence-corrected chi connectivity index (χ0v) is 25.7. The smallest absolute Gasteiger partial charge is 0.324 e. The van der Waals surface area contributed by atoms with Crippen LogP contribution in [-0.2, 0) is 37.4 Å². The van der Waals surface area contributed by atoms with E-state index in [2.05, 4.69) is 60.4 Å². The molecule has 6 heteroatoms. The molecule has 4 aromatic carbocycles. The molecular formula is C39H38N2O4. The monoisotopic (exact) mass is 598 g/mol. The van der Waals surface area contributed by atoms with Crippen molar-refractivity contribution >= 4 is 5.97 Å². The van der Waals surface area contributed by atoms with Crippen molar-refractivity contribution in [2.75, 3.05) is 6.54 Å². The van der Waals surface area contributed by atoms with Gasteiger partial charge in [0.1, 0.15) is 30.3 Å². The Bertz CT molecular complexity index is 1790. The van der Waals surface area contributed by atoms with Crippen molar-refractivity contribution in [3.8, 4) is 28.7 Å². The molecule has 0 spiro atoms. The van der Waals surface area contributed by atoms with Gasteiger partial charge in [0.05, 0.1) is 11.6 Å². The van der Waals surface area contributed by atoms with Crippen molar-refractivity contribution in [3.05, 3.63) is 118 Å². The van der Waals surface area contributed by atoms with Gasteiger partial charge in [-0.3, -0.25) is 9.69 Å². The number of hydrogen-bond donors (Lipinski definition) is 1. The van der Waals surface area contributed by atoms with Crippen molar-refractivity contribution in [2.45, 2.75) is 70.7 Å². The van der Waals surface area contributed by atoms with Gasteiger partial charge in [-0.1, -0.05) is 60.7 Å². The van der Waals surface area contributed by atoms with Crippen LogP contribution in [0.3, 0.4) is 0 Å². The van der Waals surface area contributed by atoms with E-state index in [0.29, 0.717) is 25.3 Å². The fraction of sp³-hybridized carbons (Fsp3) is 0.333. The van der Waals surface area contributed by atoms with Gasteiger partial charge in [-0.25, -0.2) is 0 Å². The quantitative estimate of drug-likeness (QED) is 0.202. The highest BCUT2D eigenvalue weighted by Gasteiger charge is 2.65. The summed E-state index contributed by atoms with van der Waals surface area (Å²) in [4.78, 5) is 14.7. The van der Waals surface area contributed by atoms with Crippen LogP contribution in [0.4, 0.5) is 0 Å². The number of piperidine rings is 1. The van der Waals surface area contributed by atoms with Gasteiger partial charge in [-0.2, -0.15) is 5.26 Å². The van der Waals surface area contributed by atoms with Gasteiger partial charge >= 0.3 is 5.97 Å². The second-order valence-electron chi connectivity index (χ2n) is 12.7. The van der Waals surface area contributed by atoms with E-state index in [1.54, 1.807) is 6.07 Å². The first-order valence-electron chi connectivity index (χ1n) is 16.0. The summed E-state index contributed by atoms with van der Waals surface area (Å²) in [6.45, 7) is 4.23. The van der Waals surface area contributed by atoms with Crippen LogP contribution in [0.5, 0.6) is 11.5 Å². The number of likely N-dealkylation sites (tertiary alicyclic amines) is 1. The molecule has 3 aliphatic rings. The second-order valence-corrected chi connectivity index (χ2v) is 12.7. The Balaban J connectivity index is 1.22. The molecule has 1 aliphatic heterocycles. The predicted molar refractivity (Wildman–Crippen MR) is 173 cm³/mol. The lowest BCUT2D eigenvalue weighted by molar-refractivity contribution is -0.147. The molecule has 2 fully saturated rings. The van der Waals surface area contributed by atoms with Crippen LogP contribution in [0, 0.1) is 24.2 Å². The summed E-state index contributed by atoms with van der Waals surface area (Å²) in [5, 5.41) is 19.7. The van der Waals surface area contributed by atoms with E-state index in [9.17, 15) is 15.2 Å². The lowest BCUT2D eigenvalue weighted by atomic mass is 9.96. The van der Waals surface area contributed by atoms with E-state index in [1.165, 1.54) is 27.8 Å². The van der Waals surface area contributed by atoms with Gasteiger partial charge in [-0.05, 0) is 109 Å². The largest absolute Gasteiger partial charge is 0.488 e. The Morgan fingerprint density at radius 1 is 0.956 bits per heavy atom. The molecule has 45 heavy (non-hydrogen) atoms. The number of carbonyl (C=O) groups is 1. The molecule has 2 atom stereocenters. The Morgan fingerprint density at radius 2 is 1.76 bits per heavy atom. The molecule has 4 aromatic rings. The van der Waals surface area contributed by atoms with E-state index < -0.39 is 11.5 Å². The number of benzene rings is 4. The van der Waals surface area contributed by atoms with E-state index >= 15 is 0 Å². The van der Waals surface area contributed by atoms with Crippen molar-refractivity contribution in [3.63, 3.8) is 0 Å². The summed E-state index contributed by atoms with van der Waals surface area (Å²) in [6, 6.07) is 28.5. The minimum atomic E-state index is -0.751. The highest BCUT2D eigenvalue weighted by Crippen LogP contribution is 2.55. The molecule has 2 aliphatic carbocycles. The number of carboxylic acid groups (broad SMARTS) is 1. The highest BCUT2D eigenvalue weighted by molar-refractivity contribution is 5.83. The van der Waals surface area contributed by atoms with E-state index in [0.717, 1.165) is 73.3 Å². The maximum atomic E-state index is 12.5. The fourth-order valence-corrected chi connectivity index (χ4v) is 7.62. The number of rotatable bonds is 10. The Hall–Kier alpha value is -4.60. The molecule has 1 saturated heterocycles. The molecule has 0 amide bonds. The summed E-state index contributed by atoms with van der Waals surface area (Å²) in [5.74, 6) is 1.11. The number of nitriles is 1. The van der Waals surface area contributed by atoms with Gasteiger partial charge in [0.25, 0.3) is 0 Å². The first-order valence-corrected chi connectivity index (χ1v) is 16.0. The van der Waals surface area contributed by atoms with Crippen molar-refractivity contribution in [1.82, 2.24) is 4.90 Å². The maximum absolute atomic E-state index is 12.5. The topological polar surface area (TPSA) is 82.8 Å². The molecule has 0 bridgehead atoms. The van der Waals surface area contributed by atoms with Crippen molar-refractivity contribution in [2.24, 2.45) is 5.92 Å². The third kappa shape index (κ3) is 5.47. The van der Waals surface area contributed by atoms with E-state index in [-0.39, 0.29) is 5.92 Å². The molecule has 0 unspecified atom stereocenters. The van der Waals surface area contributed by atoms with Crippen LogP contribution in [0.15, 0.2) is 78.9 Å². The lowest BCUT2D eigenvalue weighted by Crippen LogP contribution is -2.47. The first kappa shape index (κ1) is 29.1. The lowest BCUT2D eigenvalue weighted by Gasteiger charge is -2.34. The van der Waals surface area contributed by atoms with Crippen LogP contribution in [0.2, 0.25) is 0 Å². The maximum Gasteiger partial charge on any atom is 0.324 e. The third-order valence-corrected chi connectivity index (χ3v) is 10.1. The number of carboxylic acids is 1. The standard InChI is InChI=1S/C39H38N2O4/c1-26-30(13-6-15-32(26)29-11-3-2-4-12-29)25-45-36-20-37(44-24-28-10-5-9-27(19-28)22-40)35(33-16-7-17-34(33)36)23-41-18-8-14-31-21-39(31,41)38(42)43/h2-6,9-13,15,19-20,31H,7-8,14,16-18,21,23-25H2,1H3,(H,42,43)/t31-,39+/m0/s1. The average molecular weight is 599 g/mol. The van der Waals surface area contributed by atoms with Crippen molar-refractivity contribution < 1.29 is 19.4 Å². The van der Waals surface area contributed by atoms with Gasteiger partial charge < -0.3 is 14.6 Å². The van der Waals surface area contributed by atoms with Gasteiger partial charge in [0.15, 0.2) is 0 Å². The normalized spacial score (nSPS) is 20.1. The molecule has 7 rings (SSSR count). The molecule has 1 saturated carbocycles. The first-order chi connectivity index (χ1) is 22.0. The molecule has 6 nitrogen and oxygen atoms in total. The minimum Gasteiger partial charge on any atom is -0.488 e. The average Bonchev–Trinajstić information content (AvgIpc) is 3.65. The number of nitrogens with zero attached hydrogens (tertiary/aromatic N) is 2. The Kier molecular flexibility index (Phi) is 7.81. The van der Waals surface area contributed by atoms with Crippen LogP contribution >= 0.6 is 0 Å². The summed E-state index contributed by atoms with van der Waals surface area (Å²) < 4.78 is 13.2. The summed E-state index contributed by atoms with van der Waals surface area (Å²) >= 11 is 0. The molecule has 228 valence electrons. The number of aliphatic carboxylic acids is 1. The van der Waals surface area contributed by atoms with Gasteiger partial charge in [0.2, 0.25) is 0 Å². The van der Waals surface area contributed by atoms with Crippen molar-refractivity contribution in [1.29, 1.82) is 5.26 Å². The van der Waals surface area contributed by atoms with Gasteiger partial charge in [0, 0.05) is 18.2 Å². The predicted octanol–water partition coefficient (Wildman–Crippen LogP) is 7.62. The van der Waals surface area contributed by atoms with Crippen LogP contribution in [-0.4, -0.2) is 28.1 Å². The van der Waals surface area contributed by atoms with Crippen LogP contribution < -0.4 is 9.47 Å². The summed E-state index contributed by atoms with van der Waals surface area (Å²) in [5.41, 5.74) is 9.04. The minimum absolute atomic E-state index is 0.229. The van der Waals surface area contributed by atoms with Crippen LogP contribution in [0.1, 0.15) is 64.6 Å². The number of hydrogen-bond acceptors (Lipinski definition) is 5. The summed E-state index contributed by atoms with van der Waals surface area (Å²) in [7, 11) is 0. The fourth-order valence-electron chi connectivity index (χ4n) is 7.62. The Morgan fingerprint density at radius 3 is 2.58 bits per heavy atom. The zero-order valence-electron chi connectivity index (χ0n) is 25.7. The second kappa shape index (κ2) is 12.1. The Labute approximate surface area is 264 Å². The number of fused-ring (bicyclic) bond motifs is 2. The SMILES string of the molecule is Cc1c(COc2cc(OCc3cccc(C#N)c3)c(CN3CCC[C@H]4C[C@]43C(=O)O)c3c2CCC3)cccc1-c1ccccc1. The molecule has 1 N–H and O–H groups in total. The zero-order chi connectivity index (χ0) is 31.0. The van der Waals surface area contributed by atoms with Gasteiger partial charge in [-0.15, -0.1) is 0 Å². The highest BCUT2D eigenvalue weighted by atomic mass is 16.5.